The van der Waals surface area contributed by atoms with Crippen LogP contribution >= 0.6 is 24.0 Å². The molecule has 0 atom stereocenters. The number of nitrogens with one attached hydrogen (secondary N) is 2. The van der Waals surface area contributed by atoms with Crippen LogP contribution in [0.15, 0.2) is 41.8 Å². The number of carbonyl (C=O) groups excluding carboxylic acids is 1. The molecule has 1 aliphatic rings. The lowest BCUT2D eigenvalue weighted by Gasteiger charge is -2.17. The van der Waals surface area contributed by atoms with E-state index in [0.29, 0.717) is 12.5 Å². The molecule has 1 saturated heterocycles. The zero-order valence-corrected chi connectivity index (χ0v) is 17.8. The van der Waals surface area contributed by atoms with Crippen molar-refractivity contribution in [2.45, 2.75) is 26.3 Å². The first-order valence-corrected chi connectivity index (χ1v) is 9.01. The van der Waals surface area contributed by atoms with Gasteiger partial charge in [0, 0.05) is 38.2 Å². The van der Waals surface area contributed by atoms with Crippen molar-refractivity contribution >= 4 is 35.8 Å². The van der Waals surface area contributed by atoms with Crippen LogP contribution < -0.4 is 10.6 Å². The Morgan fingerprint density at radius 3 is 2.78 bits per heavy atom. The Kier molecular flexibility index (Phi) is 8.49. The van der Waals surface area contributed by atoms with E-state index in [1.165, 1.54) is 0 Å². The minimum atomic E-state index is 0. The average molecular weight is 483 g/mol. The van der Waals surface area contributed by atoms with Crippen LogP contribution in [0, 0.1) is 0 Å². The van der Waals surface area contributed by atoms with Gasteiger partial charge in [-0.15, -0.1) is 24.0 Å². The van der Waals surface area contributed by atoms with E-state index in [1.807, 2.05) is 36.2 Å². The number of nitrogens with zero attached hydrogens (tertiary/aromatic N) is 5. The Labute approximate surface area is 176 Å². The monoisotopic (exact) mass is 483 g/mol. The molecule has 0 spiro atoms. The molecule has 1 amide bonds. The maximum Gasteiger partial charge on any atom is 0.241 e. The van der Waals surface area contributed by atoms with Crippen LogP contribution in [-0.4, -0.2) is 57.7 Å². The molecular weight excluding hydrogens is 457 g/mol. The fourth-order valence-electron chi connectivity index (χ4n) is 2.84. The first kappa shape index (κ1) is 21.1. The van der Waals surface area contributed by atoms with Crippen LogP contribution in [0.5, 0.6) is 0 Å². The normalized spacial score (nSPS) is 14.0. The fourth-order valence-corrected chi connectivity index (χ4v) is 2.84. The highest BCUT2D eigenvalue weighted by Gasteiger charge is 2.17. The van der Waals surface area contributed by atoms with Gasteiger partial charge in [0.05, 0.1) is 13.1 Å². The molecular formula is C18H26IN7O. The summed E-state index contributed by atoms with van der Waals surface area (Å²) < 4.78 is 1.71. The first-order valence-electron chi connectivity index (χ1n) is 9.01. The minimum Gasteiger partial charge on any atom is -0.357 e. The Bertz CT molecular complexity index is 742. The number of likely N-dealkylation sites (tertiary alicyclic amines) is 1. The SMILES string of the molecule is CCNC(=NCc1ccnc(-n2cccn2)c1)NCC(=O)N1CCCC1.I. The van der Waals surface area contributed by atoms with Crippen molar-refractivity contribution in [1.82, 2.24) is 30.3 Å². The first-order chi connectivity index (χ1) is 12.8. The third-order valence-electron chi connectivity index (χ3n) is 4.18. The number of halogens is 1. The maximum absolute atomic E-state index is 12.2. The molecule has 146 valence electrons. The van der Waals surface area contributed by atoms with Gasteiger partial charge in [-0.1, -0.05) is 0 Å². The summed E-state index contributed by atoms with van der Waals surface area (Å²) in [4.78, 5) is 23.0. The lowest BCUT2D eigenvalue weighted by molar-refractivity contribution is -0.128. The highest BCUT2D eigenvalue weighted by Crippen LogP contribution is 2.08. The highest BCUT2D eigenvalue weighted by atomic mass is 127. The maximum atomic E-state index is 12.2. The molecule has 27 heavy (non-hydrogen) atoms. The summed E-state index contributed by atoms with van der Waals surface area (Å²) in [7, 11) is 0. The highest BCUT2D eigenvalue weighted by molar-refractivity contribution is 14.0. The smallest absolute Gasteiger partial charge is 0.241 e. The van der Waals surface area contributed by atoms with Crippen molar-refractivity contribution in [3.8, 4) is 5.82 Å². The van der Waals surface area contributed by atoms with Crippen LogP contribution in [0.1, 0.15) is 25.3 Å². The fraction of sp³-hybridized carbons (Fsp3) is 0.444. The Morgan fingerprint density at radius 2 is 2.07 bits per heavy atom. The molecule has 0 radical (unpaired) electrons. The topological polar surface area (TPSA) is 87.4 Å². The van der Waals surface area contributed by atoms with E-state index in [9.17, 15) is 4.79 Å². The van der Waals surface area contributed by atoms with Gasteiger partial charge in [-0.2, -0.15) is 5.10 Å². The number of aliphatic imine (C=N–C) groups is 1. The molecule has 8 nitrogen and oxygen atoms in total. The van der Waals surface area contributed by atoms with Gasteiger partial charge in [0.25, 0.3) is 0 Å². The summed E-state index contributed by atoms with van der Waals surface area (Å²) in [5.74, 6) is 1.51. The molecule has 2 aromatic heterocycles. The van der Waals surface area contributed by atoms with Crippen LogP contribution in [0.3, 0.4) is 0 Å². The van der Waals surface area contributed by atoms with Crippen LogP contribution in [0.4, 0.5) is 0 Å². The molecule has 9 heteroatoms. The number of amides is 1. The van der Waals surface area contributed by atoms with Gasteiger partial charge >= 0.3 is 0 Å². The molecule has 1 fully saturated rings. The number of aromatic nitrogens is 3. The van der Waals surface area contributed by atoms with E-state index in [1.54, 1.807) is 17.1 Å². The van der Waals surface area contributed by atoms with Crippen molar-refractivity contribution in [2.24, 2.45) is 4.99 Å². The Morgan fingerprint density at radius 1 is 1.26 bits per heavy atom. The van der Waals surface area contributed by atoms with E-state index in [0.717, 1.165) is 43.9 Å². The van der Waals surface area contributed by atoms with Gasteiger partial charge in [0.1, 0.15) is 0 Å². The molecule has 3 rings (SSSR count). The Hall–Kier alpha value is -2.17. The molecule has 0 aliphatic carbocycles. The predicted molar refractivity (Wildman–Crippen MR) is 115 cm³/mol. The van der Waals surface area contributed by atoms with Crippen LogP contribution in [0.25, 0.3) is 5.82 Å². The van der Waals surface area contributed by atoms with Crippen molar-refractivity contribution in [1.29, 1.82) is 0 Å². The summed E-state index contributed by atoms with van der Waals surface area (Å²) in [5.41, 5.74) is 1.02. The average Bonchev–Trinajstić information content (AvgIpc) is 3.38. The van der Waals surface area contributed by atoms with Crippen molar-refractivity contribution in [3.05, 3.63) is 42.4 Å². The molecule has 0 bridgehead atoms. The predicted octanol–water partition coefficient (Wildman–Crippen LogP) is 1.56. The second-order valence-electron chi connectivity index (χ2n) is 6.11. The van der Waals surface area contributed by atoms with Crippen LogP contribution in [0.2, 0.25) is 0 Å². The third kappa shape index (κ3) is 6.19. The van der Waals surface area contributed by atoms with Gasteiger partial charge in [0.2, 0.25) is 5.91 Å². The number of hydrogen-bond acceptors (Lipinski definition) is 4. The zero-order chi connectivity index (χ0) is 18.2. The van der Waals surface area contributed by atoms with E-state index < -0.39 is 0 Å². The standard InChI is InChI=1S/C18H25N7O.HI/c1-2-19-18(22-14-17(26)24-9-3-4-10-24)21-13-15-6-8-20-16(12-15)25-11-5-7-23-25;/h5-8,11-12H,2-4,9-10,13-14H2,1H3,(H2,19,21,22);1H. The van der Waals surface area contributed by atoms with E-state index in [-0.39, 0.29) is 36.4 Å². The molecule has 3 heterocycles. The molecule has 2 aromatic rings. The van der Waals surface area contributed by atoms with Crippen molar-refractivity contribution < 1.29 is 4.79 Å². The summed E-state index contributed by atoms with van der Waals surface area (Å²) in [6, 6.07) is 5.74. The molecule has 0 aromatic carbocycles. The van der Waals surface area contributed by atoms with Gasteiger partial charge in [-0.3, -0.25) is 4.79 Å². The molecule has 1 aliphatic heterocycles. The number of guanidine groups is 1. The zero-order valence-electron chi connectivity index (χ0n) is 15.5. The Balaban J connectivity index is 0.00000261. The minimum absolute atomic E-state index is 0. The molecule has 0 saturated carbocycles. The summed E-state index contributed by atoms with van der Waals surface area (Å²) in [6.45, 7) is 5.22. The van der Waals surface area contributed by atoms with Crippen molar-refractivity contribution in [3.63, 3.8) is 0 Å². The van der Waals surface area contributed by atoms with Gasteiger partial charge in [0.15, 0.2) is 11.8 Å². The van der Waals surface area contributed by atoms with Crippen LogP contribution in [-0.2, 0) is 11.3 Å². The number of carbonyl (C=O) groups is 1. The largest absolute Gasteiger partial charge is 0.357 e. The number of hydrogen-bond donors (Lipinski definition) is 2. The van der Waals surface area contributed by atoms with E-state index in [2.05, 4.69) is 25.7 Å². The summed E-state index contributed by atoms with van der Waals surface area (Å²) >= 11 is 0. The van der Waals surface area contributed by atoms with Gasteiger partial charge in [-0.05, 0) is 43.5 Å². The second-order valence-corrected chi connectivity index (χ2v) is 6.11. The lowest BCUT2D eigenvalue weighted by atomic mass is 10.2. The lowest BCUT2D eigenvalue weighted by Crippen LogP contribution is -2.44. The molecule has 2 N–H and O–H groups in total. The summed E-state index contributed by atoms with van der Waals surface area (Å²) in [5, 5.41) is 10.5. The van der Waals surface area contributed by atoms with E-state index >= 15 is 0 Å². The third-order valence-corrected chi connectivity index (χ3v) is 4.18. The number of pyridine rings is 1. The van der Waals surface area contributed by atoms with Gasteiger partial charge in [-0.25, -0.2) is 14.7 Å². The van der Waals surface area contributed by atoms with E-state index in [4.69, 9.17) is 0 Å². The molecule has 0 unspecified atom stereocenters. The number of rotatable bonds is 6. The summed E-state index contributed by atoms with van der Waals surface area (Å²) in [6.07, 6.45) is 7.52. The quantitative estimate of drug-likeness (QED) is 0.370. The van der Waals surface area contributed by atoms with Gasteiger partial charge < -0.3 is 15.5 Å². The second kappa shape index (κ2) is 10.9. The van der Waals surface area contributed by atoms with Crippen molar-refractivity contribution in [2.75, 3.05) is 26.2 Å².